The zero-order chi connectivity index (χ0) is 4.99. The van der Waals surface area contributed by atoms with Gasteiger partial charge < -0.3 is 4.79 Å². The Balaban J connectivity index is 2.83. The van der Waals surface area contributed by atoms with E-state index in [0.717, 1.165) is 0 Å². The molecule has 0 aromatic heterocycles. The lowest BCUT2D eigenvalue weighted by Gasteiger charge is -1.80. The summed E-state index contributed by atoms with van der Waals surface area (Å²) in [6.07, 6.45) is 0.995. The summed E-state index contributed by atoms with van der Waals surface area (Å²) in [7, 11) is 0. The van der Waals surface area contributed by atoms with Crippen LogP contribution in [0.4, 0.5) is 0 Å². The van der Waals surface area contributed by atoms with Crippen molar-refractivity contribution in [1.29, 1.82) is 0 Å². The van der Waals surface area contributed by atoms with Crippen molar-refractivity contribution in [1.82, 2.24) is 0 Å². The first-order valence-electron chi connectivity index (χ1n) is 1.97. The van der Waals surface area contributed by atoms with Crippen LogP contribution in [0.1, 0.15) is 19.8 Å². The van der Waals surface area contributed by atoms with Crippen molar-refractivity contribution in [2.75, 3.05) is 0 Å². The summed E-state index contributed by atoms with van der Waals surface area (Å²) in [6.45, 7) is 6.54. The van der Waals surface area contributed by atoms with Gasteiger partial charge in [0.25, 0.3) is 0 Å². The number of rotatable bonds is 2. The zero-order valence-corrected chi connectivity index (χ0v) is 3.90. The lowest BCUT2D eigenvalue weighted by molar-refractivity contribution is -0.116. The fourth-order valence-corrected chi connectivity index (χ4v) is 0.203. The van der Waals surface area contributed by atoms with Gasteiger partial charge in [-0.15, -0.1) is 0 Å². The SMILES string of the molecule is [CH]CCC(C)=O. The monoisotopic (exact) mass is 84.1 g/mol. The van der Waals surface area contributed by atoms with Crippen molar-refractivity contribution in [3.63, 3.8) is 0 Å². The Morgan fingerprint density at radius 2 is 2.33 bits per heavy atom. The largest absolute Gasteiger partial charge is 0.300 e. The van der Waals surface area contributed by atoms with E-state index in [9.17, 15) is 4.79 Å². The normalized spacial score (nSPS) is 8.33. The molecule has 1 nitrogen and oxygen atoms in total. The number of ketones is 1. The molecule has 0 aliphatic carbocycles. The van der Waals surface area contributed by atoms with Crippen LogP contribution in [0.5, 0.6) is 0 Å². The standard InChI is InChI=1S/C5H8O/c1-3-4-5(2)6/h1H,3-4H2,2H3. The molecule has 0 fully saturated rings. The molecule has 0 unspecified atom stereocenters. The Morgan fingerprint density at radius 1 is 1.83 bits per heavy atom. The third kappa shape index (κ3) is 3.67. The van der Waals surface area contributed by atoms with Gasteiger partial charge in [0, 0.05) is 6.42 Å². The first-order chi connectivity index (χ1) is 2.77. The molecule has 0 atom stereocenters. The predicted molar refractivity (Wildman–Crippen MR) is 24.2 cm³/mol. The third-order valence-electron chi connectivity index (χ3n) is 0.496. The Kier molecular flexibility index (Phi) is 2.73. The molecule has 0 N–H and O–H groups in total. The molecule has 34 valence electrons. The molecule has 0 amide bonds. The third-order valence-corrected chi connectivity index (χ3v) is 0.496. The van der Waals surface area contributed by atoms with Crippen LogP contribution in [0.2, 0.25) is 0 Å². The average molecular weight is 84.1 g/mol. The molecule has 0 rings (SSSR count). The van der Waals surface area contributed by atoms with Crippen LogP contribution in [0.15, 0.2) is 0 Å². The molecule has 0 bridgehead atoms. The van der Waals surface area contributed by atoms with Gasteiger partial charge in [-0.1, -0.05) is 0 Å². The summed E-state index contributed by atoms with van der Waals surface area (Å²) in [6, 6.07) is 0. The predicted octanol–water partition coefficient (Wildman–Crippen LogP) is 1.07. The minimum Gasteiger partial charge on any atom is -0.300 e. The van der Waals surface area contributed by atoms with Crippen LogP contribution in [-0.2, 0) is 4.79 Å². The summed E-state index contributed by atoms with van der Waals surface area (Å²) in [5.41, 5.74) is 0. The molecule has 2 radical (unpaired) electrons. The highest BCUT2D eigenvalue weighted by Gasteiger charge is 1.84. The number of carbonyl (C=O) groups excluding carboxylic acids is 1. The Hall–Kier alpha value is -0.330. The van der Waals surface area contributed by atoms with Gasteiger partial charge in [-0.3, -0.25) is 0 Å². The van der Waals surface area contributed by atoms with Crippen molar-refractivity contribution >= 4 is 5.78 Å². The van der Waals surface area contributed by atoms with Gasteiger partial charge in [0.2, 0.25) is 0 Å². The van der Waals surface area contributed by atoms with E-state index in [4.69, 9.17) is 6.92 Å². The van der Waals surface area contributed by atoms with E-state index >= 15 is 0 Å². The van der Waals surface area contributed by atoms with Gasteiger partial charge in [0.15, 0.2) is 0 Å². The molecule has 0 spiro atoms. The smallest absolute Gasteiger partial charge is 0.129 e. The summed E-state index contributed by atoms with van der Waals surface area (Å²) in [4.78, 5) is 9.96. The molecule has 0 aliphatic heterocycles. The van der Waals surface area contributed by atoms with Crippen LogP contribution >= 0.6 is 0 Å². The minimum atomic E-state index is 0.164. The van der Waals surface area contributed by atoms with Gasteiger partial charge in [-0.2, -0.15) is 0 Å². The highest BCUT2D eigenvalue weighted by atomic mass is 16.1. The highest BCUT2D eigenvalue weighted by Crippen LogP contribution is 1.83. The maximum Gasteiger partial charge on any atom is 0.129 e. The number of hydrogen-bond donors (Lipinski definition) is 0. The lowest BCUT2D eigenvalue weighted by Crippen LogP contribution is -1.84. The fraction of sp³-hybridized carbons (Fsp3) is 0.600. The molecule has 0 aromatic carbocycles. The Morgan fingerprint density at radius 3 is 2.33 bits per heavy atom. The van der Waals surface area contributed by atoms with Crippen molar-refractivity contribution in [3.05, 3.63) is 6.92 Å². The van der Waals surface area contributed by atoms with Crippen molar-refractivity contribution in [2.24, 2.45) is 0 Å². The van der Waals surface area contributed by atoms with Crippen molar-refractivity contribution < 1.29 is 4.79 Å². The summed E-state index contributed by atoms with van der Waals surface area (Å²) >= 11 is 0. The van der Waals surface area contributed by atoms with E-state index in [-0.39, 0.29) is 5.78 Å². The lowest BCUT2D eigenvalue weighted by atomic mass is 10.3. The summed E-state index contributed by atoms with van der Waals surface area (Å²) in [5, 5.41) is 0. The highest BCUT2D eigenvalue weighted by molar-refractivity contribution is 5.75. The first kappa shape index (κ1) is 5.67. The number of hydrogen-bond acceptors (Lipinski definition) is 1. The molecule has 0 aliphatic rings. The number of Topliss-reactive ketones (excluding diaryl/α,β-unsaturated/α-hetero) is 1. The Labute approximate surface area is 38.4 Å². The number of carbonyl (C=O) groups is 1. The van der Waals surface area contributed by atoms with E-state index in [0.29, 0.717) is 12.8 Å². The van der Waals surface area contributed by atoms with Gasteiger partial charge in [0.1, 0.15) is 5.78 Å². The van der Waals surface area contributed by atoms with Gasteiger partial charge in [-0.05, 0) is 20.3 Å². The van der Waals surface area contributed by atoms with Crippen LogP contribution in [0, 0.1) is 6.92 Å². The zero-order valence-electron chi connectivity index (χ0n) is 3.90. The van der Waals surface area contributed by atoms with E-state index in [1.54, 1.807) is 0 Å². The van der Waals surface area contributed by atoms with Crippen molar-refractivity contribution in [2.45, 2.75) is 19.8 Å². The summed E-state index contributed by atoms with van der Waals surface area (Å²) < 4.78 is 0. The van der Waals surface area contributed by atoms with Crippen LogP contribution < -0.4 is 0 Å². The molecular formula is C5H8O. The molecule has 0 heterocycles. The second-order valence-electron chi connectivity index (χ2n) is 1.24. The van der Waals surface area contributed by atoms with Crippen molar-refractivity contribution in [3.8, 4) is 0 Å². The minimum absolute atomic E-state index is 0.164. The maximum absolute atomic E-state index is 9.96. The van der Waals surface area contributed by atoms with Crippen LogP contribution in [-0.4, -0.2) is 5.78 Å². The Bertz CT molecular complexity index is 47.9. The fourth-order valence-electron chi connectivity index (χ4n) is 0.203. The molecule has 6 heavy (non-hydrogen) atoms. The molecule has 0 saturated heterocycles. The first-order valence-corrected chi connectivity index (χ1v) is 1.97. The molecule has 0 saturated carbocycles. The van der Waals surface area contributed by atoms with Gasteiger partial charge in [-0.25, -0.2) is 0 Å². The van der Waals surface area contributed by atoms with E-state index in [1.165, 1.54) is 6.92 Å². The average Bonchev–Trinajstić information content (AvgIpc) is 1.35. The second kappa shape index (κ2) is 2.88. The topological polar surface area (TPSA) is 17.1 Å². The van der Waals surface area contributed by atoms with E-state index < -0.39 is 0 Å². The molecule has 0 aromatic rings. The quantitative estimate of drug-likeness (QED) is 0.489. The van der Waals surface area contributed by atoms with E-state index in [1.807, 2.05) is 0 Å². The van der Waals surface area contributed by atoms with Crippen LogP contribution in [0.25, 0.3) is 0 Å². The molecule has 1 heteroatoms. The van der Waals surface area contributed by atoms with E-state index in [2.05, 4.69) is 0 Å². The summed E-state index contributed by atoms with van der Waals surface area (Å²) in [5.74, 6) is 0.164. The molecular weight excluding hydrogens is 76.1 g/mol. The second-order valence-corrected chi connectivity index (χ2v) is 1.24. The van der Waals surface area contributed by atoms with Gasteiger partial charge in [0.05, 0.1) is 0 Å². The van der Waals surface area contributed by atoms with Crippen LogP contribution in [0.3, 0.4) is 0 Å². The van der Waals surface area contributed by atoms with Gasteiger partial charge >= 0.3 is 0 Å². The maximum atomic E-state index is 9.96.